The highest BCUT2D eigenvalue weighted by molar-refractivity contribution is 6.00. The van der Waals surface area contributed by atoms with Crippen molar-refractivity contribution < 1.29 is 13.6 Å². The molecule has 0 spiro atoms. The molecule has 2 nitrogen and oxygen atoms in total. The van der Waals surface area contributed by atoms with Crippen molar-refractivity contribution in [2.24, 2.45) is 0 Å². The van der Waals surface area contributed by atoms with Gasteiger partial charge in [-0.3, -0.25) is 4.79 Å². The van der Waals surface area contributed by atoms with E-state index in [0.29, 0.717) is 24.1 Å². The summed E-state index contributed by atoms with van der Waals surface area (Å²) in [7, 11) is 0. The Hall–Kier alpha value is -2.23. The van der Waals surface area contributed by atoms with Crippen LogP contribution >= 0.6 is 0 Å². The molecule has 0 aliphatic heterocycles. The summed E-state index contributed by atoms with van der Waals surface area (Å²) < 4.78 is 27.1. The summed E-state index contributed by atoms with van der Waals surface area (Å²) in [5.41, 5.74) is 1.23. The van der Waals surface area contributed by atoms with Gasteiger partial charge in [0.2, 0.25) is 5.91 Å². The smallest absolute Gasteiger partial charge is 0.235 e. The number of rotatable bonds is 3. The van der Waals surface area contributed by atoms with E-state index in [2.05, 4.69) is 5.32 Å². The zero-order valence-corrected chi connectivity index (χ0v) is 13.0. The highest BCUT2D eigenvalue weighted by Gasteiger charge is 2.43. The third-order valence-electron chi connectivity index (χ3n) is 4.72. The quantitative estimate of drug-likeness (QED) is 0.872. The zero-order chi connectivity index (χ0) is 16.4. The predicted octanol–water partition coefficient (Wildman–Crippen LogP) is 4.72. The van der Waals surface area contributed by atoms with Gasteiger partial charge in [-0.25, -0.2) is 8.78 Å². The van der Waals surface area contributed by atoms with E-state index < -0.39 is 11.2 Å². The molecule has 2 aromatic carbocycles. The zero-order valence-electron chi connectivity index (χ0n) is 13.0. The van der Waals surface area contributed by atoms with Crippen LogP contribution in [0.4, 0.5) is 14.5 Å². The van der Waals surface area contributed by atoms with Crippen molar-refractivity contribution in [3.63, 3.8) is 0 Å². The Morgan fingerprint density at radius 3 is 2.43 bits per heavy atom. The number of anilines is 1. The monoisotopic (exact) mass is 315 g/mol. The second-order valence-corrected chi connectivity index (χ2v) is 6.21. The lowest BCUT2D eigenvalue weighted by Crippen LogP contribution is -2.38. The highest BCUT2D eigenvalue weighted by atomic mass is 19.1. The van der Waals surface area contributed by atoms with Crippen LogP contribution in [0.3, 0.4) is 0 Å². The molecule has 0 heterocycles. The van der Waals surface area contributed by atoms with E-state index in [9.17, 15) is 13.6 Å². The van der Waals surface area contributed by atoms with E-state index in [1.54, 1.807) is 18.2 Å². The van der Waals surface area contributed by atoms with Gasteiger partial charge in [0, 0.05) is 5.69 Å². The predicted molar refractivity (Wildman–Crippen MR) is 86.3 cm³/mol. The van der Waals surface area contributed by atoms with Gasteiger partial charge in [0.05, 0.1) is 5.41 Å². The van der Waals surface area contributed by atoms with E-state index in [4.69, 9.17) is 0 Å². The Morgan fingerprint density at radius 2 is 1.74 bits per heavy atom. The Morgan fingerprint density at radius 1 is 1.04 bits per heavy atom. The fourth-order valence-electron chi connectivity index (χ4n) is 3.38. The Labute approximate surface area is 134 Å². The molecule has 0 unspecified atom stereocenters. The molecule has 3 rings (SSSR count). The number of hydrogen-bond donors (Lipinski definition) is 1. The normalized spacial score (nSPS) is 16.3. The molecular weight excluding hydrogens is 296 g/mol. The lowest BCUT2D eigenvalue weighted by Gasteiger charge is -2.28. The number of benzene rings is 2. The van der Waals surface area contributed by atoms with Crippen LogP contribution in [0.2, 0.25) is 0 Å². The van der Waals surface area contributed by atoms with Crippen LogP contribution in [0.1, 0.15) is 36.8 Å². The summed E-state index contributed by atoms with van der Waals surface area (Å²) in [6, 6.07) is 10.6. The van der Waals surface area contributed by atoms with E-state index in [1.165, 1.54) is 24.3 Å². The number of aryl methyl sites for hydroxylation is 1. The summed E-state index contributed by atoms with van der Waals surface area (Å²) in [5.74, 6) is -0.921. The Balaban J connectivity index is 1.95. The van der Waals surface area contributed by atoms with Gasteiger partial charge < -0.3 is 5.32 Å². The van der Waals surface area contributed by atoms with E-state index in [1.807, 2.05) is 6.92 Å². The summed E-state index contributed by atoms with van der Waals surface area (Å²) in [4.78, 5) is 13.0. The minimum absolute atomic E-state index is 0.186. The lowest BCUT2D eigenvalue weighted by atomic mass is 9.78. The van der Waals surface area contributed by atoms with Crippen LogP contribution in [0, 0.1) is 18.6 Å². The third kappa shape index (κ3) is 2.98. The molecule has 23 heavy (non-hydrogen) atoms. The number of carbonyl (C=O) groups is 1. The average Bonchev–Trinajstić information content (AvgIpc) is 3.02. The molecule has 1 N–H and O–H groups in total. The first-order valence-corrected chi connectivity index (χ1v) is 7.85. The van der Waals surface area contributed by atoms with E-state index in [-0.39, 0.29) is 11.7 Å². The maximum atomic E-state index is 13.6. The highest BCUT2D eigenvalue weighted by Crippen LogP contribution is 2.42. The van der Waals surface area contributed by atoms with Gasteiger partial charge in [-0.15, -0.1) is 0 Å². The van der Waals surface area contributed by atoms with Crippen molar-refractivity contribution >= 4 is 11.6 Å². The van der Waals surface area contributed by atoms with E-state index in [0.717, 1.165) is 18.4 Å². The van der Waals surface area contributed by atoms with Gasteiger partial charge in [-0.05, 0) is 55.2 Å². The summed E-state index contributed by atoms with van der Waals surface area (Å²) >= 11 is 0. The van der Waals surface area contributed by atoms with Crippen LogP contribution in [-0.2, 0) is 10.2 Å². The van der Waals surface area contributed by atoms with Crippen molar-refractivity contribution in [1.82, 2.24) is 0 Å². The molecule has 0 atom stereocenters. The van der Waals surface area contributed by atoms with Gasteiger partial charge in [0.15, 0.2) is 0 Å². The molecule has 1 amide bonds. The van der Waals surface area contributed by atoms with Gasteiger partial charge in [-0.1, -0.05) is 31.0 Å². The topological polar surface area (TPSA) is 29.1 Å². The number of nitrogens with one attached hydrogen (secondary N) is 1. The van der Waals surface area contributed by atoms with Crippen molar-refractivity contribution in [1.29, 1.82) is 0 Å². The molecule has 2 aromatic rings. The summed E-state index contributed by atoms with van der Waals surface area (Å²) in [6.45, 7) is 1.82. The van der Waals surface area contributed by atoms with Gasteiger partial charge >= 0.3 is 0 Å². The Bertz CT molecular complexity index is 736. The van der Waals surface area contributed by atoms with E-state index >= 15 is 0 Å². The maximum absolute atomic E-state index is 13.6. The minimum Gasteiger partial charge on any atom is -0.325 e. The van der Waals surface area contributed by atoms with Crippen molar-refractivity contribution in [3.8, 4) is 0 Å². The summed E-state index contributed by atoms with van der Waals surface area (Å²) in [6.07, 6.45) is 3.20. The fourth-order valence-corrected chi connectivity index (χ4v) is 3.38. The van der Waals surface area contributed by atoms with Crippen LogP contribution in [0.5, 0.6) is 0 Å². The number of hydrogen-bond acceptors (Lipinski definition) is 1. The molecule has 0 radical (unpaired) electrons. The Kier molecular flexibility index (Phi) is 4.16. The third-order valence-corrected chi connectivity index (χ3v) is 4.72. The average molecular weight is 315 g/mol. The lowest BCUT2D eigenvalue weighted by molar-refractivity contribution is -0.121. The van der Waals surface area contributed by atoms with Crippen LogP contribution < -0.4 is 5.32 Å². The van der Waals surface area contributed by atoms with Crippen LogP contribution in [0.25, 0.3) is 0 Å². The minimum atomic E-state index is -0.735. The second kappa shape index (κ2) is 6.11. The number of halogens is 2. The molecule has 1 aliphatic carbocycles. The molecule has 120 valence electrons. The number of carbonyl (C=O) groups excluding carboxylic acids is 1. The molecule has 1 aliphatic rings. The van der Waals surface area contributed by atoms with Crippen molar-refractivity contribution in [3.05, 3.63) is 65.2 Å². The number of amides is 1. The van der Waals surface area contributed by atoms with Crippen LogP contribution in [0.15, 0.2) is 42.5 Å². The first-order chi connectivity index (χ1) is 11.0. The maximum Gasteiger partial charge on any atom is 0.235 e. The first kappa shape index (κ1) is 15.7. The second-order valence-electron chi connectivity index (χ2n) is 6.21. The molecule has 0 bridgehead atoms. The van der Waals surface area contributed by atoms with Gasteiger partial charge in [0.1, 0.15) is 11.6 Å². The van der Waals surface area contributed by atoms with Crippen molar-refractivity contribution in [2.75, 3.05) is 5.32 Å². The SMILES string of the molecule is Cc1ccc(F)cc1NC(=O)C1(c2cccc(F)c2)CCCC1. The molecular formula is C19H19F2NO. The fraction of sp³-hybridized carbons (Fsp3) is 0.316. The molecule has 0 aromatic heterocycles. The van der Waals surface area contributed by atoms with Crippen LogP contribution in [-0.4, -0.2) is 5.91 Å². The molecule has 0 saturated heterocycles. The largest absolute Gasteiger partial charge is 0.325 e. The van der Waals surface area contributed by atoms with Gasteiger partial charge in [0.25, 0.3) is 0 Å². The first-order valence-electron chi connectivity index (χ1n) is 7.85. The molecule has 1 fully saturated rings. The molecule has 1 saturated carbocycles. The standard InChI is InChI=1S/C19H19F2NO/c1-13-7-8-16(21)12-17(13)22-18(23)19(9-2-3-10-19)14-5-4-6-15(20)11-14/h4-8,11-12H,2-3,9-10H2,1H3,(H,22,23). The van der Waals surface area contributed by atoms with Crippen molar-refractivity contribution in [2.45, 2.75) is 38.0 Å². The van der Waals surface area contributed by atoms with Gasteiger partial charge in [-0.2, -0.15) is 0 Å². The summed E-state index contributed by atoms with van der Waals surface area (Å²) in [5, 5.41) is 2.85. The molecule has 4 heteroatoms.